The Hall–Kier alpha value is -1.33. The van der Waals surface area contributed by atoms with Crippen molar-refractivity contribution in [1.82, 2.24) is 10.2 Å². The summed E-state index contributed by atoms with van der Waals surface area (Å²) in [5, 5.41) is 8.28. The average Bonchev–Trinajstić information content (AvgIpc) is 2.64. The number of rotatable bonds is 3. The molecule has 0 fully saturated rings. The largest absolute Gasteiger partial charge is 0.416 e. The summed E-state index contributed by atoms with van der Waals surface area (Å²) in [5.41, 5.74) is 6.98. The minimum Gasteiger partial charge on any atom is -0.416 e. The van der Waals surface area contributed by atoms with E-state index in [9.17, 15) is 0 Å². The van der Waals surface area contributed by atoms with Crippen molar-refractivity contribution in [3.05, 3.63) is 35.7 Å². The van der Waals surface area contributed by atoms with Gasteiger partial charge in [-0.2, -0.15) is 0 Å². The number of aromatic nitrogens is 2. The molecule has 1 heterocycles. The van der Waals surface area contributed by atoms with Gasteiger partial charge in [0, 0.05) is 17.9 Å². The van der Waals surface area contributed by atoms with E-state index in [1.807, 2.05) is 31.2 Å². The van der Waals surface area contributed by atoms with E-state index in [1.54, 1.807) is 6.92 Å². The van der Waals surface area contributed by atoms with E-state index in [2.05, 4.69) is 10.2 Å². The number of hydrogen-bond donors (Lipinski definition) is 1. The number of nitrogens with zero attached hydrogens (tertiary/aromatic N) is 2. The molecule has 0 aliphatic heterocycles. The smallest absolute Gasteiger partial charge is 0.281 e. The molecule has 5 heteroatoms. The van der Waals surface area contributed by atoms with E-state index >= 15 is 0 Å². The molecule has 84 valence electrons. The van der Waals surface area contributed by atoms with Crippen molar-refractivity contribution in [2.24, 2.45) is 5.73 Å². The molecule has 2 N–H and O–H groups in total. The van der Waals surface area contributed by atoms with Crippen molar-refractivity contribution in [1.29, 1.82) is 0 Å². The van der Waals surface area contributed by atoms with Gasteiger partial charge in [-0.25, -0.2) is 0 Å². The average molecular weight is 235 g/mol. The SMILES string of the molecule is Cc1nnc(Sc2ccccc2[C@H](C)N)o1. The predicted molar refractivity (Wildman–Crippen MR) is 62.2 cm³/mol. The van der Waals surface area contributed by atoms with E-state index in [4.69, 9.17) is 10.2 Å². The van der Waals surface area contributed by atoms with Crippen LogP contribution in [-0.4, -0.2) is 10.2 Å². The Morgan fingerprint density at radius 2 is 2.06 bits per heavy atom. The lowest BCUT2D eigenvalue weighted by molar-refractivity contribution is 0.429. The monoisotopic (exact) mass is 235 g/mol. The molecule has 0 amide bonds. The summed E-state index contributed by atoms with van der Waals surface area (Å²) in [6.07, 6.45) is 0. The standard InChI is InChI=1S/C11H13N3OS/c1-7(12)9-5-3-4-6-10(9)16-11-14-13-8(2)15-11/h3-7H,12H2,1-2H3/t7-/m0/s1. The van der Waals surface area contributed by atoms with Crippen LogP contribution in [0, 0.1) is 6.92 Å². The van der Waals surface area contributed by atoms with Gasteiger partial charge in [-0.1, -0.05) is 18.2 Å². The fraction of sp³-hybridized carbons (Fsp3) is 0.273. The molecule has 1 aromatic carbocycles. The third-order valence-corrected chi connectivity index (χ3v) is 3.05. The molecule has 2 aromatic rings. The van der Waals surface area contributed by atoms with Crippen molar-refractivity contribution >= 4 is 11.8 Å². The molecular weight excluding hydrogens is 222 g/mol. The summed E-state index contributed by atoms with van der Waals surface area (Å²) in [7, 11) is 0. The molecule has 0 aliphatic rings. The van der Waals surface area contributed by atoms with Crippen LogP contribution in [0.1, 0.15) is 24.4 Å². The van der Waals surface area contributed by atoms with Gasteiger partial charge in [0.15, 0.2) is 0 Å². The second kappa shape index (κ2) is 4.67. The lowest BCUT2D eigenvalue weighted by Crippen LogP contribution is -2.05. The summed E-state index contributed by atoms with van der Waals surface area (Å²) in [4.78, 5) is 1.06. The van der Waals surface area contributed by atoms with Crippen LogP contribution >= 0.6 is 11.8 Å². The van der Waals surface area contributed by atoms with Gasteiger partial charge in [0.1, 0.15) is 0 Å². The Morgan fingerprint density at radius 1 is 1.31 bits per heavy atom. The Bertz CT molecular complexity index is 482. The molecule has 0 radical (unpaired) electrons. The third kappa shape index (κ3) is 2.43. The summed E-state index contributed by atoms with van der Waals surface area (Å²) in [6, 6.07) is 7.95. The molecule has 4 nitrogen and oxygen atoms in total. The van der Waals surface area contributed by atoms with E-state index < -0.39 is 0 Å². The molecule has 1 aromatic heterocycles. The van der Waals surface area contributed by atoms with Gasteiger partial charge in [-0.05, 0) is 30.3 Å². The lowest BCUT2D eigenvalue weighted by atomic mass is 10.1. The maximum absolute atomic E-state index is 5.89. The van der Waals surface area contributed by atoms with Gasteiger partial charge >= 0.3 is 0 Å². The van der Waals surface area contributed by atoms with Crippen molar-refractivity contribution < 1.29 is 4.42 Å². The van der Waals surface area contributed by atoms with Crippen LogP contribution in [0.25, 0.3) is 0 Å². The first kappa shape index (κ1) is 11.2. The topological polar surface area (TPSA) is 64.9 Å². The lowest BCUT2D eigenvalue weighted by Gasteiger charge is -2.09. The molecule has 0 saturated heterocycles. The first-order valence-corrected chi connectivity index (χ1v) is 5.81. The van der Waals surface area contributed by atoms with Crippen LogP contribution in [0.3, 0.4) is 0 Å². The zero-order valence-electron chi connectivity index (χ0n) is 9.18. The molecule has 0 spiro atoms. The highest BCUT2D eigenvalue weighted by molar-refractivity contribution is 7.99. The van der Waals surface area contributed by atoms with Crippen LogP contribution in [-0.2, 0) is 0 Å². The molecule has 1 atom stereocenters. The summed E-state index contributed by atoms with van der Waals surface area (Å²) < 4.78 is 5.32. The number of nitrogens with two attached hydrogens (primary N) is 1. The molecule has 0 saturated carbocycles. The zero-order chi connectivity index (χ0) is 11.5. The number of benzene rings is 1. The van der Waals surface area contributed by atoms with Gasteiger partial charge < -0.3 is 10.2 Å². The number of hydrogen-bond acceptors (Lipinski definition) is 5. The molecule has 2 rings (SSSR count). The minimum atomic E-state index is -0.00674. The predicted octanol–water partition coefficient (Wildman–Crippen LogP) is 2.55. The van der Waals surface area contributed by atoms with Crippen LogP contribution in [0.15, 0.2) is 38.8 Å². The highest BCUT2D eigenvalue weighted by Crippen LogP contribution is 2.31. The normalized spacial score (nSPS) is 12.7. The van der Waals surface area contributed by atoms with Gasteiger partial charge in [0.05, 0.1) is 0 Å². The fourth-order valence-corrected chi connectivity index (χ4v) is 2.31. The van der Waals surface area contributed by atoms with Crippen LogP contribution in [0.2, 0.25) is 0 Å². The fourth-order valence-electron chi connectivity index (χ4n) is 1.36. The highest BCUT2D eigenvalue weighted by Gasteiger charge is 2.10. The van der Waals surface area contributed by atoms with Crippen molar-refractivity contribution in [3.8, 4) is 0 Å². The maximum Gasteiger partial charge on any atom is 0.281 e. The molecule has 16 heavy (non-hydrogen) atoms. The second-order valence-corrected chi connectivity index (χ2v) is 4.51. The van der Waals surface area contributed by atoms with Crippen molar-refractivity contribution in [3.63, 3.8) is 0 Å². The molecule has 0 bridgehead atoms. The second-order valence-electron chi connectivity index (χ2n) is 3.52. The van der Waals surface area contributed by atoms with E-state index in [1.165, 1.54) is 11.8 Å². The summed E-state index contributed by atoms with van der Waals surface area (Å²) >= 11 is 1.44. The Morgan fingerprint density at radius 3 is 2.69 bits per heavy atom. The molecule has 0 aliphatic carbocycles. The van der Waals surface area contributed by atoms with Gasteiger partial charge in [0.25, 0.3) is 5.22 Å². The van der Waals surface area contributed by atoms with Crippen molar-refractivity contribution in [2.75, 3.05) is 0 Å². The van der Waals surface area contributed by atoms with Crippen molar-refractivity contribution in [2.45, 2.75) is 30.0 Å². The van der Waals surface area contributed by atoms with Gasteiger partial charge in [0.2, 0.25) is 5.89 Å². The maximum atomic E-state index is 5.89. The Kier molecular flexibility index (Phi) is 3.26. The zero-order valence-corrected chi connectivity index (χ0v) is 9.99. The first-order chi connectivity index (χ1) is 7.66. The van der Waals surface area contributed by atoms with Crippen LogP contribution in [0.4, 0.5) is 0 Å². The number of aryl methyl sites for hydroxylation is 1. The quantitative estimate of drug-likeness (QED) is 0.885. The third-order valence-electron chi connectivity index (χ3n) is 2.11. The summed E-state index contributed by atoms with van der Waals surface area (Å²) in [5.74, 6) is 0.570. The summed E-state index contributed by atoms with van der Waals surface area (Å²) in [6.45, 7) is 3.73. The van der Waals surface area contributed by atoms with Crippen LogP contribution < -0.4 is 5.73 Å². The Labute approximate surface area is 98.2 Å². The van der Waals surface area contributed by atoms with Gasteiger partial charge in [-0.3, -0.25) is 0 Å². The minimum absolute atomic E-state index is 0.00674. The highest BCUT2D eigenvalue weighted by atomic mass is 32.2. The van der Waals surface area contributed by atoms with E-state index in [0.29, 0.717) is 11.1 Å². The Balaban J connectivity index is 2.27. The van der Waals surface area contributed by atoms with Gasteiger partial charge in [-0.15, -0.1) is 10.2 Å². The molecule has 0 unspecified atom stereocenters. The molecular formula is C11H13N3OS. The first-order valence-electron chi connectivity index (χ1n) is 4.99. The van der Waals surface area contributed by atoms with E-state index in [0.717, 1.165) is 10.5 Å². The van der Waals surface area contributed by atoms with Crippen LogP contribution in [0.5, 0.6) is 0 Å². The van der Waals surface area contributed by atoms with E-state index in [-0.39, 0.29) is 6.04 Å².